The minimum atomic E-state index is -0.230. The smallest absolute Gasteiger partial charge is 0.410 e. The number of likely N-dealkylation sites (tertiary alicyclic amines) is 1. The normalized spacial score (nSPS) is 23.3. The molecule has 0 spiro atoms. The Morgan fingerprint density at radius 2 is 2.36 bits per heavy atom. The van der Waals surface area contributed by atoms with Gasteiger partial charge in [0.2, 0.25) is 0 Å². The summed E-state index contributed by atoms with van der Waals surface area (Å²) in [5.74, 6) is 0. The zero-order valence-electron chi connectivity index (χ0n) is 7.04. The van der Waals surface area contributed by atoms with Crippen LogP contribution in [0.5, 0.6) is 0 Å². The lowest BCUT2D eigenvalue weighted by Crippen LogP contribution is -2.50. The van der Waals surface area contributed by atoms with Crippen LogP contribution in [0.4, 0.5) is 4.79 Å². The van der Waals surface area contributed by atoms with E-state index in [0.29, 0.717) is 0 Å². The van der Waals surface area contributed by atoms with E-state index in [2.05, 4.69) is 6.92 Å². The van der Waals surface area contributed by atoms with Crippen LogP contribution in [0.15, 0.2) is 0 Å². The van der Waals surface area contributed by atoms with E-state index in [9.17, 15) is 4.79 Å². The molecular weight excluding hydrogens is 142 g/mol. The summed E-state index contributed by atoms with van der Waals surface area (Å²) in [5.41, 5.74) is 0. The number of carbonyl (C=O) groups excluding carboxylic acids is 1. The van der Waals surface area contributed by atoms with Crippen molar-refractivity contribution in [3.8, 4) is 0 Å². The molecule has 0 aromatic carbocycles. The molecule has 1 unspecified atom stereocenters. The second-order valence-corrected chi connectivity index (χ2v) is 3.07. The summed E-state index contributed by atoms with van der Waals surface area (Å²) in [5, 5.41) is 0. The topological polar surface area (TPSA) is 29.5 Å². The monoisotopic (exact) mass is 156 g/mol. The van der Waals surface area contributed by atoms with Gasteiger partial charge in [-0.3, -0.25) is 0 Å². The van der Waals surface area contributed by atoms with Crippen LogP contribution in [0.3, 0.4) is 0 Å². The average Bonchev–Trinajstić information content (AvgIpc) is 1.82. The van der Waals surface area contributed by atoms with Gasteiger partial charge in [-0.25, -0.2) is 4.79 Å². The van der Waals surface area contributed by atoms with E-state index in [1.165, 1.54) is 0 Å². The molecule has 0 saturated carbocycles. The molecule has 1 aliphatic rings. The highest BCUT2D eigenvalue weighted by atomic mass is 16.6. The summed E-state index contributed by atoms with van der Waals surface area (Å²) in [6.07, 6.45) is 0.731. The van der Waals surface area contributed by atoms with Crippen molar-refractivity contribution in [1.29, 1.82) is 0 Å². The molecule has 0 aromatic rings. The van der Waals surface area contributed by atoms with Crippen molar-refractivity contribution >= 4 is 6.09 Å². The molecule has 0 aromatic heterocycles. The molecule has 0 bridgehead atoms. The van der Waals surface area contributed by atoms with Crippen LogP contribution in [0.25, 0.3) is 0 Å². The first-order chi connectivity index (χ1) is 5.11. The van der Waals surface area contributed by atoms with Gasteiger partial charge in [0.15, 0.2) is 0 Å². The largest absolute Gasteiger partial charge is 0.447 e. The van der Waals surface area contributed by atoms with Gasteiger partial charge in [0.1, 0.15) is 0 Å². The van der Waals surface area contributed by atoms with Gasteiger partial charge in [-0.05, 0) is 27.2 Å². The first-order valence-electron chi connectivity index (χ1n) is 3.91. The molecule has 1 rings (SSSR count). The third kappa shape index (κ3) is 1.85. The van der Waals surface area contributed by atoms with Gasteiger partial charge in [-0.15, -0.1) is 0 Å². The van der Waals surface area contributed by atoms with Crippen LogP contribution in [-0.4, -0.2) is 29.7 Å². The molecule has 0 aliphatic carbocycles. The lowest BCUT2D eigenvalue weighted by Gasteiger charge is -2.37. The van der Waals surface area contributed by atoms with Gasteiger partial charge in [-0.2, -0.15) is 0 Å². The Morgan fingerprint density at radius 1 is 1.73 bits per heavy atom. The minimum Gasteiger partial charge on any atom is -0.447 e. The van der Waals surface area contributed by atoms with Crippen LogP contribution in [-0.2, 0) is 4.74 Å². The first kappa shape index (κ1) is 8.37. The van der Waals surface area contributed by atoms with Crippen LogP contribution in [0.1, 0.15) is 20.3 Å². The van der Waals surface area contributed by atoms with Gasteiger partial charge < -0.3 is 9.64 Å². The van der Waals surface area contributed by atoms with Gasteiger partial charge in [0, 0.05) is 12.6 Å². The number of nitrogens with zero attached hydrogens (tertiary/aromatic N) is 1. The molecule has 1 amide bonds. The van der Waals surface area contributed by atoms with Crippen molar-refractivity contribution in [2.75, 3.05) is 6.54 Å². The summed E-state index contributed by atoms with van der Waals surface area (Å²) in [4.78, 5) is 12.7. The summed E-state index contributed by atoms with van der Waals surface area (Å²) in [6, 6.07) is 0.126. The van der Waals surface area contributed by atoms with Crippen LogP contribution in [0.2, 0.25) is 0 Å². The standard InChI is InChI=1S/C8H14NO2/c1-6(2)11-8(10)9-5-4-7(9)3/h6-7H,3-5H2,1-2H3. The van der Waals surface area contributed by atoms with E-state index in [1.807, 2.05) is 13.8 Å². The van der Waals surface area contributed by atoms with Crippen molar-refractivity contribution in [1.82, 2.24) is 4.90 Å². The first-order valence-corrected chi connectivity index (χ1v) is 3.91. The summed E-state index contributed by atoms with van der Waals surface area (Å²) in [6.45, 7) is 8.26. The maximum atomic E-state index is 11.1. The van der Waals surface area contributed by atoms with Crippen molar-refractivity contribution in [3.63, 3.8) is 0 Å². The van der Waals surface area contributed by atoms with Crippen molar-refractivity contribution in [2.24, 2.45) is 0 Å². The van der Waals surface area contributed by atoms with E-state index in [1.54, 1.807) is 4.90 Å². The number of amides is 1. The van der Waals surface area contributed by atoms with E-state index >= 15 is 0 Å². The average molecular weight is 156 g/mol. The number of hydrogen-bond acceptors (Lipinski definition) is 2. The summed E-state index contributed by atoms with van der Waals surface area (Å²) >= 11 is 0. The third-order valence-corrected chi connectivity index (χ3v) is 1.72. The lowest BCUT2D eigenvalue weighted by atomic mass is 10.1. The van der Waals surface area contributed by atoms with Gasteiger partial charge in [0.05, 0.1) is 6.10 Å². The lowest BCUT2D eigenvalue weighted by molar-refractivity contribution is 0.0427. The molecule has 1 fully saturated rings. The molecule has 3 heteroatoms. The maximum absolute atomic E-state index is 11.1. The summed E-state index contributed by atoms with van der Waals surface area (Å²) in [7, 11) is 0. The Labute approximate surface area is 67.3 Å². The Bertz CT molecular complexity index is 156. The fourth-order valence-corrected chi connectivity index (χ4v) is 0.950. The van der Waals surface area contributed by atoms with E-state index in [-0.39, 0.29) is 18.2 Å². The van der Waals surface area contributed by atoms with Crippen LogP contribution >= 0.6 is 0 Å². The van der Waals surface area contributed by atoms with E-state index in [4.69, 9.17) is 4.74 Å². The van der Waals surface area contributed by atoms with E-state index < -0.39 is 0 Å². The highest BCUT2D eigenvalue weighted by Gasteiger charge is 2.29. The Morgan fingerprint density at radius 3 is 2.64 bits per heavy atom. The zero-order valence-corrected chi connectivity index (χ0v) is 7.04. The molecule has 63 valence electrons. The molecule has 1 atom stereocenters. The Kier molecular flexibility index (Phi) is 2.37. The number of rotatable bonds is 1. The fourth-order valence-electron chi connectivity index (χ4n) is 0.950. The second-order valence-electron chi connectivity index (χ2n) is 3.07. The quantitative estimate of drug-likeness (QED) is 0.575. The second kappa shape index (κ2) is 3.11. The molecule has 0 N–H and O–H groups in total. The predicted molar refractivity (Wildman–Crippen MR) is 42.1 cm³/mol. The van der Waals surface area contributed by atoms with Crippen LogP contribution in [0, 0.1) is 6.92 Å². The fraction of sp³-hybridized carbons (Fsp3) is 0.750. The van der Waals surface area contributed by atoms with Gasteiger partial charge >= 0.3 is 6.09 Å². The van der Waals surface area contributed by atoms with Crippen LogP contribution < -0.4 is 0 Å². The molecule has 1 aliphatic heterocycles. The number of hydrogen-bond donors (Lipinski definition) is 0. The van der Waals surface area contributed by atoms with E-state index in [0.717, 1.165) is 13.0 Å². The zero-order chi connectivity index (χ0) is 8.43. The highest BCUT2D eigenvalue weighted by molar-refractivity contribution is 5.69. The molecular formula is C8H14NO2. The molecule has 1 saturated heterocycles. The third-order valence-electron chi connectivity index (χ3n) is 1.72. The van der Waals surface area contributed by atoms with Crippen molar-refractivity contribution in [3.05, 3.63) is 6.92 Å². The minimum absolute atomic E-state index is 0.0321. The number of ether oxygens (including phenoxy) is 1. The molecule has 3 nitrogen and oxygen atoms in total. The SMILES string of the molecule is [CH2]C1CCN1C(=O)OC(C)C. The van der Waals surface area contributed by atoms with Crippen molar-refractivity contribution < 1.29 is 9.53 Å². The van der Waals surface area contributed by atoms with Gasteiger partial charge in [0.25, 0.3) is 0 Å². The Balaban J connectivity index is 2.30. The molecule has 11 heavy (non-hydrogen) atoms. The van der Waals surface area contributed by atoms with Gasteiger partial charge in [-0.1, -0.05) is 0 Å². The molecule has 1 heterocycles. The van der Waals surface area contributed by atoms with Crippen molar-refractivity contribution in [2.45, 2.75) is 32.4 Å². The molecule has 1 radical (unpaired) electrons. The number of carbonyl (C=O) groups is 1. The summed E-state index contributed by atoms with van der Waals surface area (Å²) < 4.78 is 4.97. The maximum Gasteiger partial charge on any atom is 0.410 e. The predicted octanol–water partition coefficient (Wildman–Crippen LogP) is 1.44. The Hall–Kier alpha value is -0.730. The highest BCUT2D eigenvalue weighted by Crippen LogP contribution is 2.17.